The average Bonchev–Trinajstić information content (AvgIpc) is 3.21. The molecule has 0 radical (unpaired) electrons. The van der Waals surface area contributed by atoms with Crippen LogP contribution in [0, 0.1) is 13.8 Å². The summed E-state index contributed by atoms with van der Waals surface area (Å²) in [6.45, 7) is 3.47. The Morgan fingerprint density at radius 3 is 2.41 bits per heavy atom. The van der Waals surface area contributed by atoms with Crippen molar-refractivity contribution in [3.05, 3.63) is 99.5 Å². The van der Waals surface area contributed by atoms with E-state index in [1.807, 2.05) is 6.07 Å². The third kappa shape index (κ3) is 3.59. The third-order valence-corrected chi connectivity index (χ3v) is 8.12. The van der Waals surface area contributed by atoms with E-state index in [-0.39, 0.29) is 16.1 Å². The van der Waals surface area contributed by atoms with E-state index in [2.05, 4.69) is 4.98 Å². The van der Waals surface area contributed by atoms with Crippen molar-refractivity contribution < 1.29 is 17.6 Å². The summed E-state index contributed by atoms with van der Waals surface area (Å²) in [4.78, 5) is 29.2. The highest BCUT2D eigenvalue weighted by Crippen LogP contribution is 2.38. The summed E-state index contributed by atoms with van der Waals surface area (Å²) in [7, 11) is -4.35. The first kappa shape index (κ1) is 22.0. The minimum absolute atomic E-state index is 0.0273. The highest BCUT2D eigenvalue weighted by atomic mass is 32.2. The van der Waals surface area contributed by atoms with Crippen molar-refractivity contribution in [2.24, 2.45) is 0 Å². The Morgan fingerprint density at radius 2 is 1.68 bits per heavy atom. The maximum Gasteiger partial charge on any atom is 0.396 e. The average molecular weight is 491 g/mol. The number of carbonyl (C=O) groups is 1. The second-order valence-electron chi connectivity index (χ2n) is 7.80. The molecule has 0 atom stereocenters. The van der Waals surface area contributed by atoms with E-state index < -0.39 is 20.9 Å². The van der Waals surface area contributed by atoms with Crippen LogP contribution in [0.4, 0.5) is 5.69 Å². The van der Waals surface area contributed by atoms with Crippen LogP contribution in [0.3, 0.4) is 0 Å². The molecule has 2 heterocycles. The Balaban J connectivity index is 1.88. The highest BCUT2D eigenvalue weighted by Gasteiger charge is 2.35. The fourth-order valence-corrected chi connectivity index (χ4v) is 6.35. The van der Waals surface area contributed by atoms with Gasteiger partial charge in [0, 0.05) is 28.7 Å². The van der Waals surface area contributed by atoms with Gasteiger partial charge in [-0.05, 0) is 49.2 Å². The van der Waals surface area contributed by atoms with Crippen LogP contribution < -0.4 is 9.24 Å². The number of amides is 1. The van der Waals surface area contributed by atoms with Crippen molar-refractivity contribution in [3.8, 4) is 0 Å². The van der Waals surface area contributed by atoms with Crippen molar-refractivity contribution in [1.29, 1.82) is 0 Å². The molecule has 5 aromatic rings. The van der Waals surface area contributed by atoms with Crippen LogP contribution in [0.2, 0.25) is 0 Å². The van der Waals surface area contributed by atoms with Gasteiger partial charge >= 0.3 is 4.94 Å². The second-order valence-corrected chi connectivity index (χ2v) is 10.5. The molecular weight excluding hydrogens is 472 g/mol. The van der Waals surface area contributed by atoms with Gasteiger partial charge in [-0.2, -0.15) is 4.31 Å². The fourth-order valence-electron chi connectivity index (χ4n) is 3.89. The van der Waals surface area contributed by atoms with Crippen molar-refractivity contribution in [2.45, 2.75) is 18.7 Å². The molecule has 0 saturated heterocycles. The topological polar surface area (TPSA) is 97.5 Å². The number of carbonyl (C=O) groups excluding carboxylic acids is 1. The molecule has 7 nitrogen and oxygen atoms in total. The number of fused-ring (bicyclic) bond motifs is 3. The Labute approximate surface area is 199 Å². The monoisotopic (exact) mass is 490 g/mol. The minimum Gasteiger partial charge on any atom is -0.413 e. The first-order valence-electron chi connectivity index (χ1n) is 10.3. The molecular formula is C25H18N2O5S2. The van der Waals surface area contributed by atoms with Crippen LogP contribution in [0.15, 0.2) is 87.2 Å². The number of nitrogens with zero attached hydrogens (tertiary/aromatic N) is 2. The zero-order valence-electron chi connectivity index (χ0n) is 18.2. The smallest absolute Gasteiger partial charge is 0.396 e. The molecule has 0 saturated carbocycles. The van der Waals surface area contributed by atoms with Gasteiger partial charge in [-0.3, -0.25) is 9.78 Å². The SMILES string of the molecule is Cc1ccc(C)c(S(=O)(=O)N(C(=O)c2ccncc2)c2cc3sc(=O)oc3c3ccccc23)c1. The molecule has 1 amide bonds. The minimum atomic E-state index is -4.35. The van der Waals surface area contributed by atoms with Gasteiger partial charge in [0.05, 0.1) is 15.3 Å². The molecule has 0 fully saturated rings. The quantitative estimate of drug-likeness (QED) is 0.349. The van der Waals surface area contributed by atoms with Crippen LogP contribution in [0.5, 0.6) is 0 Å². The second kappa shape index (κ2) is 8.19. The number of anilines is 1. The van der Waals surface area contributed by atoms with Crippen LogP contribution in [-0.2, 0) is 10.0 Å². The molecule has 9 heteroatoms. The number of hydrogen-bond acceptors (Lipinski definition) is 7. The summed E-state index contributed by atoms with van der Waals surface area (Å²) in [6, 6.07) is 16.5. The molecule has 170 valence electrons. The molecule has 0 aliphatic rings. The molecule has 0 aliphatic heterocycles. The zero-order valence-corrected chi connectivity index (χ0v) is 19.8. The van der Waals surface area contributed by atoms with E-state index in [9.17, 15) is 18.0 Å². The predicted octanol–water partition coefficient (Wildman–Crippen LogP) is 5.06. The molecule has 2 aromatic heterocycles. The lowest BCUT2D eigenvalue weighted by molar-refractivity contribution is 0.101. The fraction of sp³-hybridized carbons (Fsp3) is 0.0800. The number of rotatable bonds is 4. The lowest BCUT2D eigenvalue weighted by atomic mass is 10.1. The lowest BCUT2D eigenvalue weighted by Crippen LogP contribution is -2.37. The van der Waals surface area contributed by atoms with E-state index in [0.717, 1.165) is 21.2 Å². The molecule has 0 unspecified atom stereocenters. The van der Waals surface area contributed by atoms with Gasteiger partial charge < -0.3 is 4.42 Å². The number of hydrogen-bond donors (Lipinski definition) is 0. The van der Waals surface area contributed by atoms with Crippen LogP contribution in [-0.4, -0.2) is 19.3 Å². The highest BCUT2D eigenvalue weighted by molar-refractivity contribution is 7.93. The first-order valence-corrected chi connectivity index (χ1v) is 12.6. The molecule has 0 spiro atoms. The van der Waals surface area contributed by atoms with Crippen molar-refractivity contribution in [2.75, 3.05) is 4.31 Å². The first-order chi connectivity index (χ1) is 16.3. The Hall–Kier alpha value is -3.82. The van der Waals surface area contributed by atoms with E-state index in [1.165, 1.54) is 30.6 Å². The van der Waals surface area contributed by atoms with E-state index >= 15 is 0 Å². The van der Waals surface area contributed by atoms with E-state index in [4.69, 9.17) is 4.42 Å². The van der Waals surface area contributed by atoms with Crippen LogP contribution in [0.25, 0.3) is 21.1 Å². The van der Waals surface area contributed by atoms with Crippen LogP contribution >= 0.6 is 11.3 Å². The maximum atomic E-state index is 14.1. The molecule has 0 N–H and O–H groups in total. The number of pyridine rings is 1. The zero-order chi connectivity index (χ0) is 24.0. The predicted molar refractivity (Wildman–Crippen MR) is 132 cm³/mol. The molecule has 0 bridgehead atoms. The summed E-state index contributed by atoms with van der Waals surface area (Å²) < 4.78 is 34.9. The summed E-state index contributed by atoms with van der Waals surface area (Å²) in [5.74, 6) is -0.733. The lowest BCUT2D eigenvalue weighted by Gasteiger charge is -2.25. The third-order valence-electron chi connectivity index (χ3n) is 5.51. The summed E-state index contributed by atoms with van der Waals surface area (Å²) in [5, 5.41) is 1.00. The number of aryl methyl sites for hydroxylation is 2. The van der Waals surface area contributed by atoms with Gasteiger partial charge in [0.25, 0.3) is 15.9 Å². The van der Waals surface area contributed by atoms with Gasteiger partial charge in [-0.25, -0.2) is 13.2 Å². The standard InChI is InChI=1S/C25H18N2O5S2/c1-15-7-8-16(2)22(13-15)34(30,31)27(24(28)17-9-11-26-12-10-17)20-14-21-23(32-25(29)33-21)19-6-4-3-5-18(19)20/h3-14H,1-2H3. The molecule has 34 heavy (non-hydrogen) atoms. The largest absolute Gasteiger partial charge is 0.413 e. The van der Waals surface area contributed by atoms with Gasteiger partial charge in [-0.1, -0.05) is 47.7 Å². The Kier molecular flexibility index (Phi) is 5.30. The molecule has 0 aliphatic carbocycles. The normalized spacial score (nSPS) is 11.7. The van der Waals surface area contributed by atoms with Crippen molar-refractivity contribution >= 4 is 54.0 Å². The summed E-state index contributed by atoms with van der Waals surface area (Å²) in [5.41, 5.74) is 1.91. The van der Waals surface area contributed by atoms with Crippen molar-refractivity contribution in [1.82, 2.24) is 4.98 Å². The molecule has 3 aromatic carbocycles. The van der Waals surface area contributed by atoms with E-state index in [0.29, 0.717) is 26.6 Å². The maximum absolute atomic E-state index is 14.1. The molecule has 5 rings (SSSR count). The van der Waals surface area contributed by atoms with Gasteiger partial charge in [-0.15, -0.1) is 0 Å². The summed E-state index contributed by atoms with van der Waals surface area (Å²) >= 11 is 0.853. The number of benzene rings is 3. The number of aromatic nitrogens is 1. The van der Waals surface area contributed by atoms with Gasteiger partial charge in [0.15, 0.2) is 5.58 Å². The Morgan fingerprint density at radius 1 is 0.971 bits per heavy atom. The van der Waals surface area contributed by atoms with E-state index in [1.54, 1.807) is 50.2 Å². The van der Waals surface area contributed by atoms with Gasteiger partial charge in [0.1, 0.15) is 0 Å². The van der Waals surface area contributed by atoms with Gasteiger partial charge in [0.2, 0.25) is 0 Å². The summed E-state index contributed by atoms with van der Waals surface area (Å²) in [6.07, 6.45) is 2.86. The van der Waals surface area contributed by atoms with Crippen LogP contribution in [0.1, 0.15) is 21.5 Å². The van der Waals surface area contributed by atoms with Crippen molar-refractivity contribution in [3.63, 3.8) is 0 Å². The Bertz CT molecular complexity index is 1740. The number of sulfonamides is 1.